The lowest BCUT2D eigenvalue weighted by Gasteiger charge is -2.08. The van der Waals surface area contributed by atoms with Crippen molar-refractivity contribution in [2.24, 2.45) is 0 Å². The summed E-state index contributed by atoms with van der Waals surface area (Å²) in [7, 11) is 0. The van der Waals surface area contributed by atoms with E-state index in [-0.39, 0.29) is 11.7 Å². The third-order valence-corrected chi connectivity index (χ3v) is 4.35. The molecule has 0 aliphatic rings. The number of carbonyl (C=O) groups is 1. The van der Waals surface area contributed by atoms with Gasteiger partial charge in [-0.3, -0.25) is 4.79 Å². The molecule has 1 aromatic carbocycles. The summed E-state index contributed by atoms with van der Waals surface area (Å²) in [5.41, 5.74) is 3.19. The fourth-order valence-electron chi connectivity index (χ4n) is 2.08. The van der Waals surface area contributed by atoms with E-state index in [1.807, 2.05) is 38.1 Å². The first-order chi connectivity index (χ1) is 11.0. The highest BCUT2D eigenvalue weighted by Crippen LogP contribution is 2.23. The second-order valence-electron chi connectivity index (χ2n) is 5.07. The van der Waals surface area contributed by atoms with Crippen molar-refractivity contribution < 1.29 is 4.79 Å². The molecule has 0 spiro atoms. The number of nitrogens with zero attached hydrogens (tertiary/aromatic N) is 2. The molecule has 0 saturated carbocycles. The molecular formula is C17H16ClN3OS. The molecule has 0 atom stereocenters. The summed E-state index contributed by atoms with van der Waals surface area (Å²) < 4.78 is 0. The Balaban J connectivity index is 1.94. The van der Waals surface area contributed by atoms with E-state index >= 15 is 0 Å². The molecule has 1 heterocycles. The SMILES string of the molecule is Cc1cc(C)c(C#N)c(SCC(=O)NCc2cccc(Cl)c2)n1. The van der Waals surface area contributed by atoms with Crippen LogP contribution >= 0.6 is 23.4 Å². The number of halogens is 1. The molecule has 23 heavy (non-hydrogen) atoms. The minimum atomic E-state index is -0.111. The summed E-state index contributed by atoms with van der Waals surface area (Å²) in [6.45, 7) is 4.17. The molecule has 1 N–H and O–H groups in total. The number of benzene rings is 1. The van der Waals surface area contributed by atoms with Crippen molar-refractivity contribution in [2.45, 2.75) is 25.4 Å². The molecule has 0 aliphatic carbocycles. The van der Waals surface area contributed by atoms with Gasteiger partial charge in [0, 0.05) is 17.3 Å². The number of hydrogen-bond donors (Lipinski definition) is 1. The summed E-state index contributed by atoms with van der Waals surface area (Å²) >= 11 is 7.18. The largest absolute Gasteiger partial charge is 0.351 e. The van der Waals surface area contributed by atoms with Gasteiger partial charge in [-0.25, -0.2) is 4.98 Å². The van der Waals surface area contributed by atoms with Gasteiger partial charge in [0.25, 0.3) is 0 Å². The molecule has 0 aliphatic heterocycles. The smallest absolute Gasteiger partial charge is 0.230 e. The van der Waals surface area contributed by atoms with Gasteiger partial charge in [0.2, 0.25) is 5.91 Å². The van der Waals surface area contributed by atoms with E-state index in [1.165, 1.54) is 11.8 Å². The highest BCUT2D eigenvalue weighted by Gasteiger charge is 2.11. The van der Waals surface area contributed by atoms with Crippen molar-refractivity contribution in [3.63, 3.8) is 0 Å². The van der Waals surface area contributed by atoms with Crippen LogP contribution in [0.25, 0.3) is 0 Å². The van der Waals surface area contributed by atoms with Crippen molar-refractivity contribution in [3.05, 3.63) is 57.7 Å². The van der Waals surface area contributed by atoms with E-state index in [9.17, 15) is 10.1 Å². The van der Waals surface area contributed by atoms with Crippen LogP contribution in [0.1, 0.15) is 22.4 Å². The zero-order valence-corrected chi connectivity index (χ0v) is 14.5. The van der Waals surface area contributed by atoms with E-state index in [1.54, 1.807) is 6.07 Å². The number of pyridine rings is 1. The van der Waals surface area contributed by atoms with Gasteiger partial charge in [0.1, 0.15) is 11.1 Å². The number of aromatic nitrogens is 1. The molecule has 6 heteroatoms. The van der Waals surface area contributed by atoms with Crippen LogP contribution in [0.15, 0.2) is 35.4 Å². The predicted molar refractivity (Wildman–Crippen MR) is 92.4 cm³/mol. The van der Waals surface area contributed by atoms with Crippen molar-refractivity contribution in [2.75, 3.05) is 5.75 Å². The normalized spacial score (nSPS) is 10.2. The van der Waals surface area contributed by atoms with Crippen LogP contribution in [-0.4, -0.2) is 16.6 Å². The summed E-state index contributed by atoms with van der Waals surface area (Å²) in [6, 6.07) is 11.4. The van der Waals surface area contributed by atoms with Gasteiger partial charge in [-0.05, 0) is 43.2 Å². The monoisotopic (exact) mass is 345 g/mol. The Hall–Kier alpha value is -2.03. The standard InChI is InChI=1S/C17H16ClN3OS/c1-11-6-12(2)21-17(15(11)8-19)23-10-16(22)20-9-13-4-3-5-14(18)7-13/h3-7H,9-10H2,1-2H3,(H,20,22). The van der Waals surface area contributed by atoms with E-state index < -0.39 is 0 Å². The summed E-state index contributed by atoms with van der Waals surface area (Å²) in [4.78, 5) is 16.3. The minimum Gasteiger partial charge on any atom is -0.351 e. The third kappa shape index (κ3) is 4.98. The average Bonchev–Trinajstić information content (AvgIpc) is 2.50. The summed E-state index contributed by atoms with van der Waals surface area (Å²) in [5.74, 6) is 0.102. The maximum Gasteiger partial charge on any atom is 0.230 e. The van der Waals surface area contributed by atoms with Gasteiger partial charge < -0.3 is 5.32 Å². The molecule has 0 fully saturated rings. The van der Waals surface area contributed by atoms with Crippen molar-refractivity contribution in [3.8, 4) is 6.07 Å². The van der Waals surface area contributed by atoms with Gasteiger partial charge >= 0.3 is 0 Å². The summed E-state index contributed by atoms with van der Waals surface area (Å²) in [5, 5.41) is 13.3. The molecule has 2 aromatic rings. The maximum atomic E-state index is 12.0. The first-order valence-corrected chi connectivity index (χ1v) is 8.38. The number of amides is 1. The Labute approximate surface area is 144 Å². The van der Waals surface area contributed by atoms with Crippen LogP contribution in [0.5, 0.6) is 0 Å². The van der Waals surface area contributed by atoms with Crippen LogP contribution in [0, 0.1) is 25.2 Å². The van der Waals surface area contributed by atoms with Crippen molar-refractivity contribution in [1.82, 2.24) is 10.3 Å². The molecule has 0 unspecified atom stereocenters. The lowest BCUT2D eigenvalue weighted by molar-refractivity contribution is -0.118. The van der Waals surface area contributed by atoms with Crippen molar-refractivity contribution >= 4 is 29.3 Å². The van der Waals surface area contributed by atoms with Crippen molar-refractivity contribution in [1.29, 1.82) is 5.26 Å². The summed E-state index contributed by atoms with van der Waals surface area (Å²) in [6.07, 6.45) is 0. The Morgan fingerprint density at radius 1 is 1.39 bits per heavy atom. The fraction of sp³-hybridized carbons (Fsp3) is 0.235. The minimum absolute atomic E-state index is 0.111. The van der Waals surface area contributed by atoms with E-state index in [0.29, 0.717) is 22.2 Å². The predicted octanol–water partition coefficient (Wildman–Crippen LogP) is 3.63. The van der Waals surface area contributed by atoms with Gasteiger partial charge in [-0.2, -0.15) is 5.26 Å². The molecule has 0 bridgehead atoms. The highest BCUT2D eigenvalue weighted by molar-refractivity contribution is 8.00. The first kappa shape index (κ1) is 17.3. The number of nitriles is 1. The van der Waals surface area contributed by atoms with Crippen LogP contribution < -0.4 is 5.32 Å². The Kier molecular flexibility index (Phi) is 6.03. The van der Waals surface area contributed by atoms with Crippen LogP contribution in [-0.2, 0) is 11.3 Å². The molecule has 0 saturated heterocycles. The van der Waals surface area contributed by atoms with E-state index in [0.717, 1.165) is 16.8 Å². The number of aryl methyl sites for hydroxylation is 2. The molecular weight excluding hydrogens is 330 g/mol. The molecule has 1 amide bonds. The van der Waals surface area contributed by atoms with E-state index in [4.69, 9.17) is 11.6 Å². The topological polar surface area (TPSA) is 65.8 Å². The van der Waals surface area contributed by atoms with Gasteiger partial charge in [-0.15, -0.1) is 0 Å². The molecule has 1 aromatic heterocycles. The maximum absolute atomic E-state index is 12.0. The molecule has 4 nitrogen and oxygen atoms in total. The van der Waals surface area contributed by atoms with Crippen LogP contribution in [0.4, 0.5) is 0 Å². The number of nitrogens with one attached hydrogen (secondary N) is 1. The Morgan fingerprint density at radius 3 is 2.87 bits per heavy atom. The quantitative estimate of drug-likeness (QED) is 0.840. The lowest BCUT2D eigenvalue weighted by atomic mass is 10.1. The second kappa shape index (κ2) is 8.00. The molecule has 118 valence electrons. The van der Waals surface area contributed by atoms with Gasteiger partial charge in [0.05, 0.1) is 11.3 Å². The number of rotatable bonds is 5. The average molecular weight is 346 g/mol. The highest BCUT2D eigenvalue weighted by atomic mass is 35.5. The number of thioether (sulfide) groups is 1. The van der Waals surface area contributed by atoms with Gasteiger partial charge in [0.15, 0.2) is 0 Å². The molecule has 0 radical (unpaired) electrons. The van der Waals surface area contributed by atoms with Crippen LogP contribution in [0.2, 0.25) is 5.02 Å². The second-order valence-corrected chi connectivity index (χ2v) is 6.47. The lowest BCUT2D eigenvalue weighted by Crippen LogP contribution is -2.24. The third-order valence-electron chi connectivity index (χ3n) is 3.14. The molecule has 2 rings (SSSR count). The first-order valence-electron chi connectivity index (χ1n) is 7.02. The number of hydrogen-bond acceptors (Lipinski definition) is 4. The Bertz CT molecular complexity index is 771. The van der Waals surface area contributed by atoms with E-state index in [2.05, 4.69) is 16.4 Å². The zero-order valence-electron chi connectivity index (χ0n) is 12.9. The van der Waals surface area contributed by atoms with Crippen LogP contribution in [0.3, 0.4) is 0 Å². The Morgan fingerprint density at radius 2 is 2.17 bits per heavy atom. The van der Waals surface area contributed by atoms with Gasteiger partial charge in [-0.1, -0.05) is 35.5 Å². The fourth-order valence-corrected chi connectivity index (χ4v) is 3.22. The zero-order chi connectivity index (χ0) is 16.8. The number of carbonyl (C=O) groups excluding carboxylic acids is 1.